The molecule has 1 aliphatic carbocycles. The van der Waals surface area contributed by atoms with E-state index in [1.165, 1.54) is 6.33 Å². The number of hydrogen-bond donors (Lipinski definition) is 3. The van der Waals surface area contributed by atoms with Crippen LogP contribution < -0.4 is 11.1 Å². The lowest BCUT2D eigenvalue weighted by molar-refractivity contribution is 0.0267. The number of aromatic amines is 1. The second-order valence-corrected chi connectivity index (χ2v) is 4.50. The van der Waals surface area contributed by atoms with Crippen molar-refractivity contribution in [2.75, 3.05) is 13.2 Å². The predicted molar refractivity (Wildman–Crippen MR) is 64.9 cm³/mol. The molecule has 100 valence electrons. The molecule has 2 rings (SSSR count). The van der Waals surface area contributed by atoms with Gasteiger partial charge in [0.15, 0.2) is 0 Å². The van der Waals surface area contributed by atoms with Crippen molar-refractivity contribution >= 4 is 5.91 Å². The minimum Gasteiger partial charge on any atom is -0.376 e. The van der Waals surface area contributed by atoms with Crippen LogP contribution in [0.15, 0.2) is 6.33 Å². The first-order valence-electron chi connectivity index (χ1n) is 6.26. The number of aromatic nitrogens is 3. The van der Waals surface area contributed by atoms with Crippen LogP contribution in [0.5, 0.6) is 0 Å². The molecular weight excluding hydrogens is 234 g/mol. The molecule has 0 spiro atoms. The summed E-state index contributed by atoms with van der Waals surface area (Å²) in [6, 6.07) is 0.330. The van der Waals surface area contributed by atoms with Crippen LogP contribution in [0.3, 0.4) is 0 Å². The number of amides is 1. The summed E-state index contributed by atoms with van der Waals surface area (Å²) >= 11 is 0. The third-order valence-electron chi connectivity index (χ3n) is 3.09. The summed E-state index contributed by atoms with van der Waals surface area (Å²) in [4.78, 5) is 15.2. The van der Waals surface area contributed by atoms with Gasteiger partial charge in [0.25, 0.3) is 5.91 Å². The molecule has 0 radical (unpaired) electrons. The minimum atomic E-state index is -0.262. The number of H-pyrrole nitrogens is 1. The van der Waals surface area contributed by atoms with E-state index in [9.17, 15) is 4.79 Å². The molecule has 0 saturated heterocycles. The second-order valence-electron chi connectivity index (χ2n) is 4.50. The molecule has 1 aromatic rings. The summed E-state index contributed by atoms with van der Waals surface area (Å²) in [5.74, 6) is -0.0413. The Labute approximate surface area is 105 Å². The molecule has 0 unspecified atom stereocenters. The van der Waals surface area contributed by atoms with Crippen LogP contribution in [-0.2, 0) is 4.74 Å². The van der Waals surface area contributed by atoms with Gasteiger partial charge in [-0.2, -0.15) is 5.10 Å². The molecule has 1 fully saturated rings. The molecule has 18 heavy (non-hydrogen) atoms. The average molecular weight is 253 g/mol. The zero-order valence-corrected chi connectivity index (χ0v) is 10.3. The van der Waals surface area contributed by atoms with Crippen LogP contribution in [-0.4, -0.2) is 46.4 Å². The number of rotatable bonds is 5. The van der Waals surface area contributed by atoms with E-state index in [1.54, 1.807) is 0 Å². The molecule has 1 aliphatic rings. The third-order valence-corrected chi connectivity index (χ3v) is 3.09. The van der Waals surface area contributed by atoms with Crippen LogP contribution in [0, 0.1) is 0 Å². The average Bonchev–Trinajstić information content (AvgIpc) is 2.90. The number of nitrogens with one attached hydrogen (secondary N) is 2. The monoisotopic (exact) mass is 253 g/mol. The lowest BCUT2D eigenvalue weighted by Gasteiger charge is -2.26. The highest BCUT2D eigenvalue weighted by Gasteiger charge is 2.18. The first-order valence-corrected chi connectivity index (χ1v) is 6.26. The van der Waals surface area contributed by atoms with E-state index in [0.717, 1.165) is 25.7 Å². The Balaban J connectivity index is 1.57. The molecule has 1 aromatic heterocycles. The van der Waals surface area contributed by atoms with Gasteiger partial charge in [-0.1, -0.05) is 0 Å². The first kappa shape index (κ1) is 13.0. The molecule has 0 aliphatic heterocycles. The van der Waals surface area contributed by atoms with Crippen molar-refractivity contribution in [3.05, 3.63) is 12.2 Å². The lowest BCUT2D eigenvalue weighted by atomic mass is 9.94. The molecule has 0 bridgehead atoms. The molecular formula is C11H19N5O2. The van der Waals surface area contributed by atoms with Crippen LogP contribution >= 0.6 is 0 Å². The molecule has 0 atom stereocenters. The van der Waals surface area contributed by atoms with Crippen molar-refractivity contribution < 1.29 is 9.53 Å². The minimum absolute atomic E-state index is 0.221. The highest BCUT2D eigenvalue weighted by atomic mass is 16.5. The van der Waals surface area contributed by atoms with Crippen molar-refractivity contribution in [2.45, 2.75) is 37.8 Å². The van der Waals surface area contributed by atoms with E-state index in [-0.39, 0.29) is 17.8 Å². The summed E-state index contributed by atoms with van der Waals surface area (Å²) in [5, 5.41) is 8.83. The smallest absolute Gasteiger partial charge is 0.288 e. The quantitative estimate of drug-likeness (QED) is 0.631. The Morgan fingerprint density at radius 3 is 2.94 bits per heavy atom. The van der Waals surface area contributed by atoms with Crippen molar-refractivity contribution in [3.8, 4) is 0 Å². The number of hydrogen-bond acceptors (Lipinski definition) is 5. The summed E-state index contributed by atoms with van der Waals surface area (Å²) < 4.78 is 5.68. The maximum Gasteiger partial charge on any atom is 0.288 e. The first-order chi connectivity index (χ1) is 8.75. The van der Waals surface area contributed by atoms with Gasteiger partial charge in [-0.3, -0.25) is 9.89 Å². The van der Waals surface area contributed by atoms with E-state index >= 15 is 0 Å². The normalized spacial score (nSPS) is 23.8. The summed E-state index contributed by atoms with van der Waals surface area (Å²) in [7, 11) is 0. The van der Waals surface area contributed by atoms with Gasteiger partial charge in [0.05, 0.1) is 12.7 Å². The fourth-order valence-corrected chi connectivity index (χ4v) is 2.04. The largest absolute Gasteiger partial charge is 0.376 e. The topological polar surface area (TPSA) is 106 Å². The fourth-order valence-electron chi connectivity index (χ4n) is 2.04. The van der Waals surface area contributed by atoms with Gasteiger partial charge in [-0.05, 0) is 25.7 Å². The van der Waals surface area contributed by atoms with Crippen molar-refractivity contribution in [2.24, 2.45) is 5.73 Å². The number of ether oxygens (including phenoxy) is 1. The number of nitrogens with zero attached hydrogens (tertiary/aromatic N) is 2. The maximum absolute atomic E-state index is 11.5. The highest BCUT2D eigenvalue weighted by Crippen LogP contribution is 2.19. The van der Waals surface area contributed by atoms with Gasteiger partial charge in [0, 0.05) is 12.6 Å². The Bertz CT molecular complexity index is 360. The van der Waals surface area contributed by atoms with Gasteiger partial charge in [-0.15, -0.1) is 0 Å². The van der Waals surface area contributed by atoms with Crippen LogP contribution in [0.4, 0.5) is 0 Å². The molecule has 0 aromatic carbocycles. The Morgan fingerprint density at radius 1 is 1.50 bits per heavy atom. The van der Waals surface area contributed by atoms with Crippen molar-refractivity contribution in [3.63, 3.8) is 0 Å². The summed E-state index contributed by atoms with van der Waals surface area (Å²) in [6.45, 7) is 0.988. The van der Waals surface area contributed by atoms with E-state index in [0.29, 0.717) is 19.2 Å². The maximum atomic E-state index is 11.5. The standard InChI is InChI=1S/C11H19N5O2/c12-8-1-3-9(4-2-8)18-6-5-13-11(17)10-14-7-15-16-10/h7-9H,1-6,12H2,(H,13,17)(H,14,15,16). The zero-order valence-electron chi connectivity index (χ0n) is 10.3. The number of nitrogens with two attached hydrogens (primary N) is 1. The Kier molecular flexibility index (Phi) is 4.66. The van der Waals surface area contributed by atoms with Gasteiger partial charge in [0.1, 0.15) is 6.33 Å². The van der Waals surface area contributed by atoms with Crippen LogP contribution in [0.2, 0.25) is 0 Å². The second kappa shape index (κ2) is 6.46. The fraction of sp³-hybridized carbons (Fsp3) is 0.727. The Hall–Kier alpha value is -1.47. The molecule has 1 heterocycles. The highest BCUT2D eigenvalue weighted by molar-refractivity contribution is 5.90. The predicted octanol–water partition coefficient (Wildman–Crippen LogP) is -0.179. The molecule has 1 saturated carbocycles. The van der Waals surface area contributed by atoms with Crippen LogP contribution in [0.1, 0.15) is 36.3 Å². The molecule has 7 nitrogen and oxygen atoms in total. The third kappa shape index (κ3) is 3.78. The van der Waals surface area contributed by atoms with Gasteiger partial charge >= 0.3 is 0 Å². The molecule has 7 heteroatoms. The molecule has 1 amide bonds. The van der Waals surface area contributed by atoms with Gasteiger partial charge in [0.2, 0.25) is 5.82 Å². The van der Waals surface area contributed by atoms with E-state index in [4.69, 9.17) is 10.5 Å². The van der Waals surface area contributed by atoms with Crippen molar-refractivity contribution in [1.82, 2.24) is 20.5 Å². The van der Waals surface area contributed by atoms with E-state index in [1.807, 2.05) is 0 Å². The summed E-state index contributed by atoms with van der Waals surface area (Å²) in [6.07, 6.45) is 5.65. The lowest BCUT2D eigenvalue weighted by Crippen LogP contribution is -2.33. The van der Waals surface area contributed by atoms with Crippen LogP contribution in [0.25, 0.3) is 0 Å². The Morgan fingerprint density at radius 2 is 2.28 bits per heavy atom. The molecule has 4 N–H and O–H groups in total. The SMILES string of the molecule is NC1CCC(OCCNC(=O)c2ncn[nH]2)CC1. The van der Waals surface area contributed by atoms with E-state index < -0.39 is 0 Å². The summed E-state index contributed by atoms with van der Waals surface area (Å²) in [5.41, 5.74) is 5.82. The van der Waals surface area contributed by atoms with Crippen molar-refractivity contribution in [1.29, 1.82) is 0 Å². The van der Waals surface area contributed by atoms with Gasteiger partial charge < -0.3 is 15.8 Å². The van der Waals surface area contributed by atoms with E-state index in [2.05, 4.69) is 20.5 Å². The number of carbonyl (C=O) groups is 1. The van der Waals surface area contributed by atoms with Gasteiger partial charge in [-0.25, -0.2) is 4.98 Å². The number of carbonyl (C=O) groups excluding carboxylic acids is 1. The zero-order chi connectivity index (χ0) is 12.8.